The lowest BCUT2D eigenvalue weighted by atomic mass is 9.83. The Hall–Kier alpha value is -2.61. The Kier molecular flexibility index (Phi) is 3.92. The molecule has 0 bridgehead atoms. The molecule has 1 aliphatic carbocycles. The molecule has 0 unspecified atom stereocenters. The number of aromatic nitrogens is 1. The van der Waals surface area contributed by atoms with Crippen LogP contribution in [-0.2, 0) is 4.79 Å². The number of oxazole rings is 1. The van der Waals surface area contributed by atoms with Crippen molar-refractivity contribution in [3.63, 3.8) is 0 Å². The van der Waals surface area contributed by atoms with Crippen molar-refractivity contribution in [2.45, 2.75) is 32.6 Å². The maximum absolute atomic E-state index is 12.0. The first-order valence-electron chi connectivity index (χ1n) is 7.42. The van der Waals surface area contributed by atoms with Crippen molar-refractivity contribution in [3.8, 4) is 17.5 Å². The number of carbonyl (C=O) groups excluding carboxylic acids is 1. The largest absolute Gasteiger partial charge is 0.444 e. The first kappa shape index (κ1) is 14.3. The second-order valence-corrected chi connectivity index (χ2v) is 5.72. The van der Waals surface area contributed by atoms with Crippen LogP contribution in [0.5, 0.6) is 0 Å². The molecule has 112 valence electrons. The van der Waals surface area contributed by atoms with Gasteiger partial charge in [-0.05, 0) is 43.9 Å². The summed E-state index contributed by atoms with van der Waals surface area (Å²) >= 11 is 0. The average Bonchev–Trinajstić information content (AvgIpc) is 2.89. The molecule has 1 fully saturated rings. The fourth-order valence-electron chi connectivity index (χ4n) is 2.55. The van der Waals surface area contributed by atoms with Crippen LogP contribution in [-0.4, -0.2) is 10.9 Å². The number of carbonyl (C=O) groups is 1. The number of hydrogen-bond acceptors (Lipinski definition) is 4. The molecule has 5 nitrogen and oxygen atoms in total. The first-order chi connectivity index (χ1) is 10.7. The summed E-state index contributed by atoms with van der Waals surface area (Å²) in [5.74, 6) is 0.931. The normalized spacial score (nSPS) is 14.2. The zero-order valence-electron chi connectivity index (χ0n) is 12.4. The zero-order chi connectivity index (χ0) is 15.5. The van der Waals surface area contributed by atoms with E-state index in [1.165, 1.54) is 6.42 Å². The highest BCUT2D eigenvalue weighted by Crippen LogP contribution is 2.30. The van der Waals surface area contributed by atoms with Gasteiger partial charge in [-0.25, -0.2) is 4.98 Å². The van der Waals surface area contributed by atoms with Crippen LogP contribution >= 0.6 is 0 Å². The summed E-state index contributed by atoms with van der Waals surface area (Å²) in [6, 6.07) is 7.27. The Balaban J connectivity index is 1.80. The van der Waals surface area contributed by atoms with Crippen LogP contribution in [0, 0.1) is 24.2 Å². The summed E-state index contributed by atoms with van der Waals surface area (Å²) in [6.07, 6.45) is 5.61. The van der Waals surface area contributed by atoms with Crippen LogP contribution < -0.4 is 5.32 Å². The number of anilines is 1. The molecule has 1 N–H and O–H groups in total. The number of rotatable bonds is 4. The molecule has 1 aromatic carbocycles. The Bertz CT molecular complexity index is 739. The molecule has 5 heteroatoms. The van der Waals surface area contributed by atoms with E-state index in [9.17, 15) is 10.1 Å². The van der Waals surface area contributed by atoms with Crippen molar-refractivity contribution < 1.29 is 9.21 Å². The zero-order valence-corrected chi connectivity index (χ0v) is 12.4. The van der Waals surface area contributed by atoms with Crippen LogP contribution in [0.2, 0.25) is 0 Å². The van der Waals surface area contributed by atoms with E-state index < -0.39 is 0 Å². The summed E-state index contributed by atoms with van der Waals surface area (Å²) in [5.41, 5.74) is 2.48. The number of aryl methyl sites for hydroxylation is 1. The van der Waals surface area contributed by atoms with E-state index in [1.54, 1.807) is 24.5 Å². The van der Waals surface area contributed by atoms with E-state index in [1.807, 2.05) is 6.92 Å². The highest BCUT2D eigenvalue weighted by Gasteiger charge is 2.21. The monoisotopic (exact) mass is 295 g/mol. The smallest absolute Gasteiger partial charge is 0.227 e. The fourth-order valence-corrected chi connectivity index (χ4v) is 2.55. The number of hydrogen-bond donors (Lipinski definition) is 1. The standard InChI is InChI=1S/C17H17N3O2/c1-11-10-22-17(19-11)15-8-14(6-5-13(15)9-18)20-16(21)7-12-3-2-4-12/h5-6,8,10,12H,2-4,7H2,1H3,(H,20,21). The second-order valence-electron chi connectivity index (χ2n) is 5.72. The topological polar surface area (TPSA) is 78.9 Å². The molecule has 0 aliphatic heterocycles. The Morgan fingerprint density at radius 3 is 2.91 bits per heavy atom. The molecule has 1 amide bonds. The Morgan fingerprint density at radius 1 is 1.50 bits per heavy atom. The molecule has 2 aromatic rings. The molecule has 22 heavy (non-hydrogen) atoms. The van der Waals surface area contributed by atoms with Gasteiger partial charge in [0, 0.05) is 12.1 Å². The van der Waals surface area contributed by atoms with Crippen molar-refractivity contribution >= 4 is 11.6 Å². The molecule has 1 saturated carbocycles. The molecule has 1 aliphatic rings. The van der Waals surface area contributed by atoms with Crippen LogP contribution in [0.3, 0.4) is 0 Å². The third kappa shape index (κ3) is 3.01. The molecule has 0 atom stereocenters. The van der Waals surface area contributed by atoms with Gasteiger partial charge < -0.3 is 9.73 Å². The van der Waals surface area contributed by atoms with Crippen molar-refractivity contribution in [1.82, 2.24) is 4.98 Å². The van der Waals surface area contributed by atoms with Crippen molar-refractivity contribution in [2.24, 2.45) is 5.92 Å². The predicted octanol–water partition coefficient (Wildman–Crippen LogP) is 3.65. The summed E-state index contributed by atoms with van der Waals surface area (Å²) in [6.45, 7) is 1.82. The number of nitrogens with zero attached hydrogens (tertiary/aromatic N) is 2. The van der Waals surface area contributed by atoms with Gasteiger partial charge in [0.25, 0.3) is 0 Å². The minimum absolute atomic E-state index is 0.0175. The predicted molar refractivity (Wildman–Crippen MR) is 82.0 cm³/mol. The third-order valence-electron chi connectivity index (χ3n) is 3.97. The van der Waals surface area contributed by atoms with E-state index in [-0.39, 0.29) is 5.91 Å². The average molecular weight is 295 g/mol. The first-order valence-corrected chi connectivity index (χ1v) is 7.42. The van der Waals surface area contributed by atoms with Gasteiger partial charge in [0.15, 0.2) is 0 Å². The molecule has 1 aromatic heterocycles. The van der Waals surface area contributed by atoms with Gasteiger partial charge in [-0.2, -0.15) is 5.26 Å². The van der Waals surface area contributed by atoms with Crippen LogP contribution in [0.4, 0.5) is 5.69 Å². The van der Waals surface area contributed by atoms with Gasteiger partial charge in [0.2, 0.25) is 11.8 Å². The minimum atomic E-state index is 0.0175. The van der Waals surface area contributed by atoms with Gasteiger partial charge in [-0.3, -0.25) is 4.79 Å². The molecule has 0 spiro atoms. The molecule has 3 rings (SSSR count). The van der Waals surface area contributed by atoms with Crippen LogP contribution in [0.25, 0.3) is 11.5 Å². The molecule has 0 radical (unpaired) electrons. The fraction of sp³-hybridized carbons (Fsp3) is 0.353. The Labute approximate surface area is 129 Å². The van der Waals surface area contributed by atoms with Crippen molar-refractivity contribution in [1.29, 1.82) is 5.26 Å². The molecule has 1 heterocycles. The van der Waals surface area contributed by atoms with Crippen LogP contribution in [0.15, 0.2) is 28.9 Å². The van der Waals surface area contributed by atoms with Gasteiger partial charge in [0.1, 0.15) is 6.26 Å². The number of nitriles is 1. The van der Waals surface area contributed by atoms with Crippen molar-refractivity contribution in [2.75, 3.05) is 5.32 Å². The SMILES string of the molecule is Cc1coc(-c2cc(NC(=O)CC3CCC3)ccc2C#N)n1. The lowest BCUT2D eigenvalue weighted by Gasteiger charge is -2.24. The highest BCUT2D eigenvalue weighted by atomic mass is 16.3. The van der Waals surface area contributed by atoms with E-state index in [0.29, 0.717) is 35.0 Å². The van der Waals surface area contributed by atoms with E-state index in [2.05, 4.69) is 16.4 Å². The number of amides is 1. The second kappa shape index (κ2) is 6.02. The molecular weight excluding hydrogens is 278 g/mol. The summed E-state index contributed by atoms with van der Waals surface area (Å²) in [7, 11) is 0. The molecular formula is C17H17N3O2. The third-order valence-corrected chi connectivity index (χ3v) is 3.97. The van der Waals surface area contributed by atoms with E-state index in [0.717, 1.165) is 18.5 Å². The van der Waals surface area contributed by atoms with Crippen molar-refractivity contribution in [3.05, 3.63) is 35.7 Å². The lowest BCUT2D eigenvalue weighted by molar-refractivity contribution is -0.117. The summed E-state index contributed by atoms with van der Waals surface area (Å²) < 4.78 is 5.37. The van der Waals surface area contributed by atoms with E-state index >= 15 is 0 Å². The number of nitrogens with one attached hydrogen (secondary N) is 1. The van der Waals surface area contributed by atoms with Gasteiger partial charge in [-0.1, -0.05) is 6.42 Å². The maximum Gasteiger partial charge on any atom is 0.227 e. The van der Waals surface area contributed by atoms with Gasteiger partial charge >= 0.3 is 0 Å². The highest BCUT2D eigenvalue weighted by molar-refractivity contribution is 5.91. The van der Waals surface area contributed by atoms with Crippen LogP contribution in [0.1, 0.15) is 36.9 Å². The lowest BCUT2D eigenvalue weighted by Crippen LogP contribution is -2.20. The van der Waals surface area contributed by atoms with Gasteiger partial charge in [0.05, 0.1) is 22.9 Å². The Morgan fingerprint density at radius 2 is 2.32 bits per heavy atom. The summed E-state index contributed by atoms with van der Waals surface area (Å²) in [4.78, 5) is 16.3. The summed E-state index contributed by atoms with van der Waals surface area (Å²) in [5, 5.41) is 12.1. The number of benzene rings is 1. The van der Waals surface area contributed by atoms with E-state index in [4.69, 9.17) is 4.42 Å². The molecule has 0 saturated heterocycles. The van der Waals surface area contributed by atoms with Gasteiger partial charge in [-0.15, -0.1) is 0 Å². The maximum atomic E-state index is 12.0. The quantitative estimate of drug-likeness (QED) is 0.933. The minimum Gasteiger partial charge on any atom is -0.444 e.